The Morgan fingerprint density at radius 1 is 1.08 bits per heavy atom. The summed E-state index contributed by atoms with van der Waals surface area (Å²) < 4.78 is 5.75. The van der Waals surface area contributed by atoms with Gasteiger partial charge in [-0.2, -0.15) is 0 Å². The zero-order chi connectivity index (χ0) is 17.8. The van der Waals surface area contributed by atoms with Crippen LogP contribution in [0.25, 0.3) is 0 Å². The third-order valence-electron chi connectivity index (χ3n) is 9.55. The first kappa shape index (κ1) is 16.4. The summed E-state index contributed by atoms with van der Waals surface area (Å²) >= 11 is 0. The van der Waals surface area contributed by atoms with Gasteiger partial charge in [0.1, 0.15) is 0 Å². The summed E-state index contributed by atoms with van der Waals surface area (Å²) in [7, 11) is 0. The number of nitrogens with one attached hydrogen (secondary N) is 1. The van der Waals surface area contributed by atoms with E-state index in [2.05, 4.69) is 26.1 Å². The van der Waals surface area contributed by atoms with Crippen LogP contribution in [0.15, 0.2) is 0 Å². The molecule has 4 nitrogen and oxygen atoms in total. The van der Waals surface area contributed by atoms with Gasteiger partial charge < -0.3 is 10.1 Å². The first-order chi connectivity index (χ1) is 10.9. The lowest BCUT2D eigenvalue weighted by Crippen LogP contribution is -2.58. The van der Waals surface area contributed by atoms with Gasteiger partial charge in [0.05, 0.1) is 5.41 Å². The van der Waals surface area contributed by atoms with Crippen molar-refractivity contribution < 1.29 is 14.3 Å². The molecular weight excluding hydrogens is 302 g/mol. The van der Waals surface area contributed by atoms with Crippen LogP contribution >= 0.6 is 0 Å². The Hall–Kier alpha value is -1.06. The molecule has 4 fully saturated rings. The molecule has 4 bridgehead atoms. The van der Waals surface area contributed by atoms with Crippen molar-refractivity contribution >= 4 is 11.9 Å². The minimum absolute atomic E-state index is 0.0587. The van der Waals surface area contributed by atoms with Crippen LogP contribution in [-0.2, 0) is 14.3 Å². The van der Waals surface area contributed by atoms with E-state index in [0.717, 1.165) is 12.8 Å². The number of amides is 1. The third kappa shape index (κ3) is 1.44. The predicted octanol–water partition coefficient (Wildman–Crippen LogP) is 3.44. The van der Waals surface area contributed by atoms with Crippen molar-refractivity contribution in [2.24, 2.45) is 27.6 Å². The predicted molar refractivity (Wildman–Crippen MR) is 91.1 cm³/mol. The van der Waals surface area contributed by atoms with Gasteiger partial charge in [0.15, 0.2) is 5.60 Å². The summed E-state index contributed by atoms with van der Waals surface area (Å²) in [6.45, 7) is 13.0. The van der Waals surface area contributed by atoms with Crippen molar-refractivity contribution in [2.75, 3.05) is 0 Å². The molecule has 134 valence electrons. The molecule has 3 saturated carbocycles. The van der Waals surface area contributed by atoms with Gasteiger partial charge in [0.2, 0.25) is 0 Å². The highest BCUT2D eigenvalue weighted by Gasteiger charge is 2.76. The van der Waals surface area contributed by atoms with E-state index in [9.17, 15) is 9.59 Å². The van der Waals surface area contributed by atoms with Gasteiger partial charge in [0, 0.05) is 11.5 Å². The minimum atomic E-state index is -0.985. The van der Waals surface area contributed by atoms with Gasteiger partial charge in [-0.15, -0.1) is 0 Å². The van der Waals surface area contributed by atoms with Crippen LogP contribution in [0, 0.1) is 27.6 Å². The lowest BCUT2D eigenvalue weighted by Gasteiger charge is -2.42. The third-order valence-corrected chi connectivity index (χ3v) is 9.55. The SMILES string of the molecule is CC12CC[C@](C(=O)NC3CC4CCC3(C)C4(C)C)(OC1=O)C2(C)C. The van der Waals surface area contributed by atoms with Gasteiger partial charge in [-0.05, 0) is 55.8 Å². The van der Waals surface area contributed by atoms with Gasteiger partial charge in [0.25, 0.3) is 5.91 Å². The van der Waals surface area contributed by atoms with Crippen LogP contribution < -0.4 is 5.32 Å². The monoisotopic (exact) mass is 333 g/mol. The topological polar surface area (TPSA) is 55.4 Å². The summed E-state index contributed by atoms with van der Waals surface area (Å²) in [6, 6.07) is 0.190. The molecular formula is C20H31NO3. The molecule has 4 heteroatoms. The van der Waals surface area contributed by atoms with Gasteiger partial charge in [-0.3, -0.25) is 9.59 Å². The molecule has 5 atom stereocenters. The molecule has 4 unspecified atom stereocenters. The molecule has 1 heterocycles. The fraction of sp³-hybridized carbons (Fsp3) is 0.900. The van der Waals surface area contributed by atoms with E-state index < -0.39 is 16.4 Å². The maximum absolute atomic E-state index is 13.3. The largest absolute Gasteiger partial charge is 0.448 e. The van der Waals surface area contributed by atoms with Crippen molar-refractivity contribution in [1.29, 1.82) is 0 Å². The van der Waals surface area contributed by atoms with Crippen molar-refractivity contribution in [1.82, 2.24) is 5.32 Å². The Balaban J connectivity index is 1.62. The van der Waals surface area contributed by atoms with Gasteiger partial charge in [-0.25, -0.2) is 0 Å². The van der Waals surface area contributed by atoms with Gasteiger partial charge in [-0.1, -0.05) is 34.6 Å². The molecule has 1 aliphatic heterocycles. The lowest BCUT2D eigenvalue weighted by molar-refractivity contribution is -0.169. The van der Waals surface area contributed by atoms with Crippen LogP contribution in [0.3, 0.4) is 0 Å². The van der Waals surface area contributed by atoms with Crippen LogP contribution in [0.5, 0.6) is 0 Å². The summed E-state index contributed by atoms with van der Waals surface area (Å²) in [5.74, 6) is 0.420. The molecule has 4 aliphatic rings. The van der Waals surface area contributed by atoms with E-state index in [0.29, 0.717) is 12.3 Å². The highest BCUT2D eigenvalue weighted by atomic mass is 16.6. The standard InChI is InChI=1S/C20H31NO3/c1-16(2)12-7-8-18(16,5)13(11-12)21-14(22)20-10-9-19(6,15(23)24-20)17(20,3)4/h12-13H,7-11H2,1-6H3,(H,21,22)/t12?,13?,18?,19?,20-/m1/s1. The summed E-state index contributed by atoms with van der Waals surface area (Å²) in [6.07, 6.45) is 4.87. The van der Waals surface area contributed by atoms with Crippen molar-refractivity contribution in [3.05, 3.63) is 0 Å². The number of carbonyl (C=O) groups is 2. The molecule has 1 amide bonds. The van der Waals surface area contributed by atoms with E-state index in [1.54, 1.807) is 0 Å². The Bertz CT molecular complexity index is 639. The number of esters is 1. The van der Waals surface area contributed by atoms with Crippen LogP contribution in [0.1, 0.15) is 73.6 Å². The first-order valence-corrected chi connectivity index (χ1v) is 9.47. The maximum atomic E-state index is 13.3. The Kier molecular flexibility index (Phi) is 2.86. The smallest absolute Gasteiger partial charge is 0.313 e. The molecule has 0 aromatic carbocycles. The zero-order valence-electron chi connectivity index (χ0n) is 15.9. The highest BCUT2D eigenvalue weighted by Crippen LogP contribution is 2.67. The normalized spacial score (nSPS) is 50.2. The second-order valence-electron chi connectivity index (χ2n) is 10.3. The maximum Gasteiger partial charge on any atom is 0.313 e. The fourth-order valence-electron chi connectivity index (χ4n) is 6.44. The van der Waals surface area contributed by atoms with E-state index in [-0.39, 0.29) is 28.7 Å². The van der Waals surface area contributed by atoms with E-state index >= 15 is 0 Å². The molecule has 4 rings (SSSR count). The van der Waals surface area contributed by atoms with E-state index in [1.165, 1.54) is 12.8 Å². The fourth-order valence-corrected chi connectivity index (χ4v) is 6.44. The minimum Gasteiger partial charge on any atom is -0.448 e. The van der Waals surface area contributed by atoms with Crippen molar-refractivity contribution in [3.63, 3.8) is 0 Å². The van der Waals surface area contributed by atoms with E-state index in [1.807, 2.05) is 20.8 Å². The molecule has 0 radical (unpaired) electrons. The Labute approximate surface area is 145 Å². The number of hydrogen-bond donors (Lipinski definition) is 1. The summed E-state index contributed by atoms with van der Waals surface area (Å²) in [5.41, 5.74) is -1.59. The van der Waals surface area contributed by atoms with E-state index in [4.69, 9.17) is 4.74 Å². The average Bonchev–Trinajstić information content (AvgIpc) is 2.97. The zero-order valence-corrected chi connectivity index (χ0v) is 15.9. The molecule has 24 heavy (non-hydrogen) atoms. The lowest BCUT2D eigenvalue weighted by atomic mass is 9.65. The van der Waals surface area contributed by atoms with Crippen LogP contribution in [-0.4, -0.2) is 23.5 Å². The number of carbonyl (C=O) groups excluding carboxylic acids is 2. The molecule has 3 aliphatic carbocycles. The molecule has 0 aromatic rings. The molecule has 1 N–H and O–H groups in total. The first-order valence-electron chi connectivity index (χ1n) is 9.47. The highest BCUT2D eigenvalue weighted by molar-refractivity contribution is 5.96. The summed E-state index contributed by atoms with van der Waals surface area (Å²) in [4.78, 5) is 25.7. The summed E-state index contributed by atoms with van der Waals surface area (Å²) in [5, 5.41) is 3.34. The van der Waals surface area contributed by atoms with Crippen LogP contribution in [0.4, 0.5) is 0 Å². The quantitative estimate of drug-likeness (QED) is 0.788. The Morgan fingerprint density at radius 3 is 2.17 bits per heavy atom. The molecule has 0 spiro atoms. The number of ether oxygens (including phenoxy) is 1. The second-order valence-corrected chi connectivity index (χ2v) is 10.3. The number of hydrogen-bond acceptors (Lipinski definition) is 3. The molecule has 1 saturated heterocycles. The molecule has 0 aromatic heterocycles. The van der Waals surface area contributed by atoms with Gasteiger partial charge >= 0.3 is 5.97 Å². The number of fused-ring (bicyclic) bond motifs is 4. The van der Waals surface area contributed by atoms with Crippen molar-refractivity contribution in [3.8, 4) is 0 Å². The second kappa shape index (κ2) is 4.19. The Morgan fingerprint density at radius 2 is 1.75 bits per heavy atom. The average molecular weight is 333 g/mol. The van der Waals surface area contributed by atoms with Crippen molar-refractivity contribution in [2.45, 2.75) is 85.3 Å². The van der Waals surface area contributed by atoms with Crippen LogP contribution in [0.2, 0.25) is 0 Å². The number of rotatable bonds is 2.